The smallest absolute Gasteiger partial charge is 0.353 e. The van der Waals surface area contributed by atoms with Crippen molar-refractivity contribution in [2.24, 2.45) is 0 Å². The molecule has 0 aromatic heterocycles. The van der Waals surface area contributed by atoms with Crippen LogP contribution in [0.3, 0.4) is 0 Å². The minimum atomic E-state index is -4.67. The second-order valence-corrected chi connectivity index (χ2v) is 8.86. The summed E-state index contributed by atoms with van der Waals surface area (Å²) in [6, 6.07) is 2.23. The fourth-order valence-electron chi connectivity index (χ4n) is 2.72. The van der Waals surface area contributed by atoms with Gasteiger partial charge in [0, 0.05) is 32.2 Å². The number of hydrogen-bond donors (Lipinski definition) is 1. The molecule has 0 unspecified atom stereocenters. The van der Waals surface area contributed by atoms with Gasteiger partial charge in [0.15, 0.2) is 0 Å². The van der Waals surface area contributed by atoms with E-state index in [2.05, 4.69) is 5.32 Å². The molecule has 1 heterocycles. The summed E-state index contributed by atoms with van der Waals surface area (Å²) in [6.07, 6.45) is -4.67. The van der Waals surface area contributed by atoms with Crippen LogP contribution in [0.1, 0.15) is 19.4 Å². The van der Waals surface area contributed by atoms with Gasteiger partial charge >= 0.3 is 6.18 Å². The number of alkyl halides is 3. The number of nitrogens with zero attached hydrogens (tertiary/aromatic N) is 2. The Hall–Kier alpha value is -1.36. The standard InChI is InChI=1S/C16H21ClF3N3O3S/c1-11(2)21-15(24)10-22-5-7-23(8-6-22)27(25,26)14-9-12(16(18,19)20)3-4-13(14)17/h3-4,9,11H,5-8,10H2,1-2H3,(H,21,24). The Bertz CT molecular complexity index is 792. The van der Waals surface area contributed by atoms with Crippen molar-refractivity contribution in [3.05, 3.63) is 28.8 Å². The summed E-state index contributed by atoms with van der Waals surface area (Å²) in [4.78, 5) is 13.0. The molecule has 1 saturated heterocycles. The van der Waals surface area contributed by atoms with Gasteiger partial charge in [-0.3, -0.25) is 9.69 Å². The highest BCUT2D eigenvalue weighted by Gasteiger charge is 2.35. The lowest BCUT2D eigenvalue weighted by Crippen LogP contribution is -2.51. The van der Waals surface area contributed by atoms with Crippen molar-refractivity contribution in [2.75, 3.05) is 32.7 Å². The summed E-state index contributed by atoms with van der Waals surface area (Å²) in [5, 5.41) is 2.49. The Balaban J connectivity index is 2.10. The number of halogens is 4. The van der Waals surface area contributed by atoms with E-state index < -0.39 is 26.7 Å². The minimum absolute atomic E-state index is 0.00205. The molecule has 1 aromatic rings. The number of piperazine rings is 1. The molecule has 1 N–H and O–H groups in total. The molecule has 1 amide bonds. The van der Waals surface area contributed by atoms with Crippen LogP contribution in [0.2, 0.25) is 5.02 Å². The normalized spacial score (nSPS) is 17.3. The van der Waals surface area contributed by atoms with Crippen molar-refractivity contribution in [1.82, 2.24) is 14.5 Å². The maximum absolute atomic E-state index is 12.9. The predicted molar refractivity (Wildman–Crippen MR) is 94.9 cm³/mol. The Labute approximate surface area is 161 Å². The van der Waals surface area contributed by atoms with E-state index in [0.717, 1.165) is 16.4 Å². The van der Waals surface area contributed by atoms with Gasteiger partial charge in [0.1, 0.15) is 4.90 Å². The van der Waals surface area contributed by atoms with Crippen LogP contribution < -0.4 is 5.32 Å². The lowest BCUT2D eigenvalue weighted by Gasteiger charge is -2.33. The van der Waals surface area contributed by atoms with Gasteiger partial charge < -0.3 is 5.32 Å². The Kier molecular flexibility index (Phi) is 6.77. The number of hydrogen-bond acceptors (Lipinski definition) is 4. The third kappa shape index (κ3) is 5.56. The molecule has 0 spiro atoms. The fraction of sp³-hybridized carbons (Fsp3) is 0.562. The van der Waals surface area contributed by atoms with Crippen LogP contribution in [0.5, 0.6) is 0 Å². The van der Waals surface area contributed by atoms with E-state index in [0.29, 0.717) is 19.2 Å². The van der Waals surface area contributed by atoms with Gasteiger partial charge in [-0.05, 0) is 32.0 Å². The van der Waals surface area contributed by atoms with E-state index >= 15 is 0 Å². The van der Waals surface area contributed by atoms with Gasteiger partial charge in [-0.1, -0.05) is 11.6 Å². The average Bonchev–Trinajstić information content (AvgIpc) is 2.53. The maximum Gasteiger partial charge on any atom is 0.416 e. The molecule has 6 nitrogen and oxygen atoms in total. The molecule has 1 aliphatic heterocycles. The number of carbonyl (C=O) groups excluding carboxylic acids is 1. The average molecular weight is 428 g/mol. The van der Waals surface area contributed by atoms with Gasteiger partial charge in [0.25, 0.3) is 0 Å². The summed E-state index contributed by atoms with van der Waals surface area (Å²) in [6.45, 7) is 4.51. The summed E-state index contributed by atoms with van der Waals surface area (Å²) >= 11 is 5.86. The van der Waals surface area contributed by atoms with Crippen LogP contribution in [0.15, 0.2) is 23.1 Å². The van der Waals surface area contributed by atoms with E-state index in [1.165, 1.54) is 0 Å². The number of carbonyl (C=O) groups is 1. The Morgan fingerprint density at radius 2 is 1.81 bits per heavy atom. The molecule has 1 aliphatic rings. The summed E-state index contributed by atoms with van der Waals surface area (Å²) in [5.74, 6) is -0.165. The van der Waals surface area contributed by atoms with Crippen LogP contribution in [-0.2, 0) is 21.0 Å². The van der Waals surface area contributed by atoms with Crippen LogP contribution in [-0.4, -0.2) is 62.3 Å². The Morgan fingerprint density at radius 3 is 2.33 bits per heavy atom. The number of sulfonamides is 1. The molecular formula is C16H21ClF3N3O3S. The van der Waals surface area contributed by atoms with Crippen molar-refractivity contribution in [2.45, 2.75) is 31.0 Å². The lowest BCUT2D eigenvalue weighted by molar-refractivity contribution is -0.137. The number of benzene rings is 1. The fourth-order valence-corrected chi connectivity index (χ4v) is 4.64. The van der Waals surface area contributed by atoms with Crippen molar-refractivity contribution < 1.29 is 26.4 Å². The first-order chi connectivity index (χ1) is 12.4. The molecule has 1 fully saturated rings. The second kappa shape index (κ2) is 8.34. The SMILES string of the molecule is CC(C)NC(=O)CN1CCN(S(=O)(=O)c2cc(C(F)(F)F)ccc2Cl)CC1. The van der Waals surface area contributed by atoms with Crippen LogP contribution in [0.25, 0.3) is 0 Å². The molecule has 0 aliphatic carbocycles. The van der Waals surface area contributed by atoms with E-state index in [1.54, 1.807) is 4.90 Å². The van der Waals surface area contributed by atoms with Gasteiger partial charge in [0.05, 0.1) is 17.1 Å². The highest BCUT2D eigenvalue weighted by molar-refractivity contribution is 7.89. The summed E-state index contributed by atoms with van der Waals surface area (Å²) in [7, 11) is -4.17. The third-order valence-electron chi connectivity index (χ3n) is 4.02. The Morgan fingerprint density at radius 1 is 1.22 bits per heavy atom. The van der Waals surface area contributed by atoms with Crippen molar-refractivity contribution >= 4 is 27.5 Å². The first-order valence-corrected chi connectivity index (χ1v) is 10.1. The van der Waals surface area contributed by atoms with Crippen LogP contribution in [0.4, 0.5) is 13.2 Å². The second-order valence-electron chi connectivity index (χ2n) is 6.55. The highest BCUT2D eigenvalue weighted by atomic mass is 35.5. The molecule has 27 heavy (non-hydrogen) atoms. The number of amides is 1. The molecule has 2 rings (SSSR count). The summed E-state index contributed by atoms with van der Waals surface area (Å²) < 4.78 is 65.3. The summed E-state index contributed by atoms with van der Waals surface area (Å²) in [5.41, 5.74) is -1.07. The van der Waals surface area contributed by atoms with Crippen molar-refractivity contribution in [3.8, 4) is 0 Å². The van der Waals surface area contributed by atoms with E-state index in [1.807, 2.05) is 13.8 Å². The van der Waals surface area contributed by atoms with Crippen molar-refractivity contribution in [3.63, 3.8) is 0 Å². The third-order valence-corrected chi connectivity index (χ3v) is 6.40. The van der Waals surface area contributed by atoms with E-state index in [4.69, 9.17) is 11.6 Å². The van der Waals surface area contributed by atoms with Gasteiger partial charge in [0.2, 0.25) is 15.9 Å². The zero-order valence-electron chi connectivity index (χ0n) is 14.9. The highest BCUT2D eigenvalue weighted by Crippen LogP contribution is 2.34. The van der Waals surface area contributed by atoms with E-state index in [9.17, 15) is 26.4 Å². The molecule has 11 heteroatoms. The predicted octanol–water partition coefficient (Wildman–Crippen LogP) is 2.19. The minimum Gasteiger partial charge on any atom is -0.353 e. The van der Waals surface area contributed by atoms with Crippen LogP contribution >= 0.6 is 11.6 Å². The number of rotatable bonds is 5. The molecule has 1 aromatic carbocycles. The monoisotopic (exact) mass is 427 g/mol. The molecule has 0 radical (unpaired) electrons. The lowest BCUT2D eigenvalue weighted by atomic mass is 10.2. The zero-order valence-corrected chi connectivity index (χ0v) is 16.5. The quantitative estimate of drug-likeness (QED) is 0.782. The first kappa shape index (κ1) is 21.9. The van der Waals surface area contributed by atoms with Gasteiger partial charge in [-0.2, -0.15) is 17.5 Å². The molecule has 0 atom stereocenters. The topological polar surface area (TPSA) is 69.7 Å². The van der Waals surface area contributed by atoms with Crippen molar-refractivity contribution in [1.29, 1.82) is 0 Å². The number of nitrogens with one attached hydrogen (secondary N) is 1. The molecule has 152 valence electrons. The zero-order chi connectivity index (χ0) is 20.4. The molecular weight excluding hydrogens is 407 g/mol. The van der Waals surface area contributed by atoms with E-state index in [-0.39, 0.29) is 36.6 Å². The van der Waals surface area contributed by atoms with Crippen LogP contribution in [0, 0.1) is 0 Å². The first-order valence-electron chi connectivity index (χ1n) is 8.30. The molecule has 0 saturated carbocycles. The maximum atomic E-state index is 12.9. The largest absolute Gasteiger partial charge is 0.416 e. The van der Waals surface area contributed by atoms with Gasteiger partial charge in [-0.15, -0.1) is 0 Å². The van der Waals surface area contributed by atoms with Gasteiger partial charge in [-0.25, -0.2) is 8.42 Å². The molecule has 0 bridgehead atoms.